The van der Waals surface area contributed by atoms with Crippen LogP contribution in [0.1, 0.15) is 63.6 Å². The van der Waals surface area contributed by atoms with E-state index >= 15 is 0 Å². The van der Waals surface area contributed by atoms with Crippen LogP contribution in [-0.4, -0.2) is 18.1 Å². The molecule has 108 valence electrons. The number of thiazole rings is 1. The van der Waals surface area contributed by atoms with E-state index in [1.54, 1.807) is 11.3 Å². The molecule has 0 saturated heterocycles. The van der Waals surface area contributed by atoms with Crippen LogP contribution in [0.5, 0.6) is 0 Å². The predicted octanol–water partition coefficient (Wildman–Crippen LogP) is 3.74. The van der Waals surface area contributed by atoms with Crippen molar-refractivity contribution in [3.8, 4) is 0 Å². The number of hydrogen-bond acceptors (Lipinski definition) is 4. The predicted molar refractivity (Wildman–Crippen MR) is 83.9 cm³/mol. The molecule has 0 radical (unpaired) electrons. The van der Waals surface area contributed by atoms with Gasteiger partial charge in [0, 0.05) is 24.0 Å². The fourth-order valence-corrected chi connectivity index (χ4v) is 4.24. The van der Waals surface area contributed by atoms with E-state index in [2.05, 4.69) is 39.6 Å². The summed E-state index contributed by atoms with van der Waals surface area (Å²) in [6.45, 7) is 9.07. The van der Waals surface area contributed by atoms with Crippen LogP contribution >= 0.6 is 11.3 Å². The topological polar surface area (TPSA) is 42.2 Å². The van der Waals surface area contributed by atoms with Gasteiger partial charge >= 0.3 is 0 Å². The average molecular weight is 281 g/mol. The maximum Gasteiger partial charge on any atom is 0.185 e. The van der Waals surface area contributed by atoms with Crippen molar-refractivity contribution in [3.05, 3.63) is 10.6 Å². The molecule has 0 aliphatic heterocycles. The van der Waals surface area contributed by atoms with Crippen molar-refractivity contribution in [3.63, 3.8) is 0 Å². The molecule has 1 aromatic heterocycles. The van der Waals surface area contributed by atoms with Crippen molar-refractivity contribution in [2.45, 2.75) is 65.5 Å². The number of nitrogens with two attached hydrogens (primary N) is 1. The van der Waals surface area contributed by atoms with Gasteiger partial charge in [-0.3, -0.25) is 0 Å². The van der Waals surface area contributed by atoms with Gasteiger partial charge in [0.1, 0.15) is 0 Å². The highest BCUT2D eigenvalue weighted by molar-refractivity contribution is 7.15. The van der Waals surface area contributed by atoms with E-state index in [0.717, 1.165) is 30.8 Å². The number of rotatable bonds is 4. The first-order chi connectivity index (χ1) is 8.88. The van der Waals surface area contributed by atoms with Crippen LogP contribution < -0.4 is 10.6 Å². The highest BCUT2D eigenvalue weighted by atomic mass is 32.1. The Hall–Kier alpha value is -0.610. The van der Waals surface area contributed by atoms with Crippen molar-refractivity contribution in [1.82, 2.24) is 4.98 Å². The Morgan fingerprint density at radius 3 is 2.63 bits per heavy atom. The molecular weight excluding hydrogens is 254 g/mol. The van der Waals surface area contributed by atoms with Gasteiger partial charge in [-0.25, -0.2) is 4.98 Å². The lowest BCUT2D eigenvalue weighted by atomic mass is 9.77. The van der Waals surface area contributed by atoms with E-state index in [1.165, 1.54) is 10.6 Å². The Balaban J connectivity index is 2.27. The van der Waals surface area contributed by atoms with Crippen LogP contribution in [0, 0.1) is 5.41 Å². The summed E-state index contributed by atoms with van der Waals surface area (Å²) in [5.41, 5.74) is 7.85. The third-order valence-corrected chi connectivity index (χ3v) is 5.58. The highest BCUT2D eigenvalue weighted by Gasteiger charge is 2.34. The van der Waals surface area contributed by atoms with Crippen LogP contribution in [-0.2, 0) is 6.42 Å². The molecule has 0 aromatic carbocycles. The lowest BCUT2D eigenvalue weighted by Crippen LogP contribution is -2.30. The van der Waals surface area contributed by atoms with Gasteiger partial charge in [0.2, 0.25) is 0 Å². The second kappa shape index (κ2) is 5.41. The maximum absolute atomic E-state index is 6.33. The number of hydrogen-bond donors (Lipinski definition) is 1. The van der Waals surface area contributed by atoms with Crippen molar-refractivity contribution in [2.75, 3.05) is 11.9 Å². The second-order valence-electron chi connectivity index (χ2n) is 6.54. The van der Waals surface area contributed by atoms with Crippen LogP contribution in [0.15, 0.2) is 0 Å². The lowest BCUT2D eigenvalue weighted by Gasteiger charge is -2.32. The van der Waals surface area contributed by atoms with Crippen LogP contribution in [0.2, 0.25) is 0 Å². The maximum atomic E-state index is 6.33. The van der Waals surface area contributed by atoms with Gasteiger partial charge in [0.05, 0.1) is 5.69 Å². The summed E-state index contributed by atoms with van der Waals surface area (Å²) in [5, 5.41) is 1.15. The van der Waals surface area contributed by atoms with E-state index in [-0.39, 0.29) is 11.5 Å². The van der Waals surface area contributed by atoms with Crippen molar-refractivity contribution >= 4 is 16.5 Å². The molecule has 1 atom stereocenters. The zero-order valence-corrected chi connectivity index (χ0v) is 13.7. The molecule has 0 spiro atoms. The number of fused-ring (bicyclic) bond motifs is 1. The van der Waals surface area contributed by atoms with E-state index in [4.69, 9.17) is 10.7 Å². The van der Waals surface area contributed by atoms with Gasteiger partial charge in [0.25, 0.3) is 0 Å². The Kier molecular flexibility index (Phi) is 4.21. The molecule has 3 nitrogen and oxygen atoms in total. The fourth-order valence-electron chi connectivity index (χ4n) is 3.12. The van der Waals surface area contributed by atoms with Gasteiger partial charge < -0.3 is 10.6 Å². The molecule has 1 aromatic rings. The summed E-state index contributed by atoms with van der Waals surface area (Å²) >= 11 is 1.80. The Morgan fingerprint density at radius 2 is 2.05 bits per heavy atom. The van der Waals surface area contributed by atoms with Crippen LogP contribution in [0.3, 0.4) is 0 Å². The Bertz CT molecular complexity index is 435. The molecule has 0 amide bonds. The molecule has 1 aliphatic carbocycles. The molecule has 1 unspecified atom stereocenters. The highest BCUT2D eigenvalue weighted by Crippen LogP contribution is 2.43. The van der Waals surface area contributed by atoms with E-state index in [0.29, 0.717) is 6.04 Å². The molecule has 2 rings (SSSR count). The lowest BCUT2D eigenvalue weighted by molar-refractivity contribution is 0.282. The number of nitrogens with zero attached hydrogens (tertiary/aromatic N) is 2. The van der Waals surface area contributed by atoms with Crippen molar-refractivity contribution in [2.24, 2.45) is 11.1 Å². The minimum Gasteiger partial charge on any atom is -0.348 e. The summed E-state index contributed by atoms with van der Waals surface area (Å²) in [4.78, 5) is 8.53. The summed E-state index contributed by atoms with van der Waals surface area (Å²) in [6.07, 6.45) is 4.45. The molecule has 2 N–H and O–H groups in total. The van der Waals surface area contributed by atoms with Crippen LogP contribution in [0.25, 0.3) is 0 Å². The van der Waals surface area contributed by atoms with Gasteiger partial charge in [-0.05, 0) is 31.1 Å². The second-order valence-corrected chi connectivity index (χ2v) is 7.55. The van der Waals surface area contributed by atoms with E-state index < -0.39 is 0 Å². The molecular formula is C15H27N3S. The average Bonchev–Trinajstić information content (AvgIpc) is 2.72. The Morgan fingerprint density at radius 1 is 1.42 bits per heavy atom. The summed E-state index contributed by atoms with van der Waals surface area (Å²) < 4.78 is 0. The zero-order valence-electron chi connectivity index (χ0n) is 12.9. The minimum atomic E-state index is 0.167. The number of anilines is 1. The smallest absolute Gasteiger partial charge is 0.185 e. The largest absolute Gasteiger partial charge is 0.348 e. The van der Waals surface area contributed by atoms with Crippen molar-refractivity contribution < 1.29 is 0 Å². The molecule has 0 bridgehead atoms. The molecule has 1 heterocycles. The summed E-state index contributed by atoms with van der Waals surface area (Å²) in [6, 6.07) is 0.747. The summed E-state index contributed by atoms with van der Waals surface area (Å²) in [7, 11) is 2.17. The van der Waals surface area contributed by atoms with Gasteiger partial charge in [0.15, 0.2) is 5.13 Å². The first kappa shape index (κ1) is 14.8. The quantitative estimate of drug-likeness (QED) is 0.914. The van der Waals surface area contributed by atoms with E-state index in [9.17, 15) is 0 Å². The number of aromatic nitrogens is 1. The van der Waals surface area contributed by atoms with E-state index in [1.807, 2.05) is 0 Å². The van der Waals surface area contributed by atoms with Gasteiger partial charge in [-0.2, -0.15) is 0 Å². The fraction of sp³-hybridized carbons (Fsp3) is 0.800. The standard InChI is InChI=1S/C15H27N3S/c1-6-10(7-2)18(5)14-17-12-9-15(3,4)8-11(16)13(12)19-14/h10-11H,6-9,16H2,1-5H3. The SMILES string of the molecule is CCC(CC)N(C)c1nc2c(s1)C(N)CC(C)(C)C2. The molecule has 0 saturated carbocycles. The normalized spacial score (nSPS) is 21.5. The first-order valence-electron chi connectivity index (χ1n) is 7.36. The third-order valence-electron chi connectivity index (χ3n) is 4.26. The first-order valence-corrected chi connectivity index (χ1v) is 8.17. The Labute approximate surface area is 121 Å². The zero-order chi connectivity index (χ0) is 14.2. The summed E-state index contributed by atoms with van der Waals surface area (Å²) in [5.74, 6) is 0. The monoisotopic (exact) mass is 281 g/mol. The van der Waals surface area contributed by atoms with Gasteiger partial charge in [-0.1, -0.05) is 39.0 Å². The van der Waals surface area contributed by atoms with Crippen molar-refractivity contribution in [1.29, 1.82) is 0 Å². The van der Waals surface area contributed by atoms with Crippen LogP contribution in [0.4, 0.5) is 5.13 Å². The minimum absolute atomic E-state index is 0.167. The third kappa shape index (κ3) is 2.95. The molecule has 19 heavy (non-hydrogen) atoms. The molecule has 0 fully saturated rings. The molecule has 1 aliphatic rings. The van der Waals surface area contributed by atoms with Gasteiger partial charge in [-0.15, -0.1) is 0 Å². The molecule has 4 heteroatoms.